The monoisotopic (exact) mass is 491 g/mol. The summed E-state index contributed by atoms with van der Waals surface area (Å²) in [7, 11) is 0. The van der Waals surface area contributed by atoms with E-state index in [2.05, 4.69) is 4.84 Å². The number of nitrogens with zero attached hydrogens (tertiary/aromatic N) is 1. The van der Waals surface area contributed by atoms with Gasteiger partial charge in [-0.25, -0.2) is 8.42 Å². The Kier molecular flexibility index (Phi) is 9.30. The molecule has 5 unspecified atom stereocenters. The van der Waals surface area contributed by atoms with E-state index in [1.165, 1.54) is 0 Å². The molecule has 0 bridgehead atoms. The highest BCUT2D eigenvalue weighted by atomic mass is 32.2. The molecule has 2 heterocycles. The van der Waals surface area contributed by atoms with Gasteiger partial charge in [0.2, 0.25) is 0 Å². The number of hydrogen-bond donors (Lipinski definition) is 5. The Morgan fingerprint density at radius 2 is 1.87 bits per heavy atom. The molecule has 15 heteroatoms. The zero-order valence-electron chi connectivity index (χ0n) is 16.9. The van der Waals surface area contributed by atoms with Gasteiger partial charge in [-0.3, -0.25) is 0 Å². The van der Waals surface area contributed by atoms with Crippen LogP contribution >= 0.6 is 0 Å². The molecule has 0 radical (unpaired) electrons. The Hall–Kier alpha value is -0.780. The molecule has 0 saturated carbocycles. The summed E-state index contributed by atoms with van der Waals surface area (Å²) in [4.78, 5) is 14.9. The van der Waals surface area contributed by atoms with Crippen LogP contribution < -0.4 is 0 Å². The molecule has 0 aromatic carbocycles. The molecule has 2 rings (SSSR count). The second kappa shape index (κ2) is 10.9. The Bertz CT molecular complexity index is 683. The van der Waals surface area contributed by atoms with Crippen LogP contribution in [-0.2, 0) is 36.5 Å². The van der Waals surface area contributed by atoms with Crippen LogP contribution in [0.15, 0.2) is 0 Å². The molecule has 13 nitrogen and oxygen atoms in total. The van der Waals surface area contributed by atoms with Gasteiger partial charge in [0.1, 0.15) is 23.9 Å². The molecule has 182 valence electrons. The lowest BCUT2D eigenvalue weighted by molar-refractivity contribution is -0.757. The topological polar surface area (TPSA) is 206 Å². The lowest BCUT2D eigenvalue weighted by atomic mass is 9.61. The molecule has 0 spiro atoms. The molecular weight excluding hydrogens is 462 g/mol. The van der Waals surface area contributed by atoms with Crippen molar-refractivity contribution in [2.45, 2.75) is 67.0 Å². The lowest BCUT2D eigenvalue weighted by Crippen LogP contribution is -2.68. The van der Waals surface area contributed by atoms with Crippen LogP contribution in [0.2, 0.25) is 0 Å². The Balaban J connectivity index is 2.66. The number of hydrogen-bond acceptors (Lipinski definition) is 10. The van der Waals surface area contributed by atoms with Gasteiger partial charge in [-0.05, 0) is 19.3 Å². The summed E-state index contributed by atoms with van der Waals surface area (Å²) in [5.41, 5.74) is -3.96. The number of aliphatic hydroxyl groups excluding tert-OH is 2. The van der Waals surface area contributed by atoms with Crippen LogP contribution in [0.1, 0.15) is 32.6 Å². The van der Waals surface area contributed by atoms with Crippen molar-refractivity contribution >= 4 is 22.2 Å². The lowest BCUT2D eigenvalue weighted by Gasteiger charge is -2.53. The van der Waals surface area contributed by atoms with Crippen LogP contribution in [0.25, 0.3) is 0 Å². The van der Waals surface area contributed by atoms with Crippen molar-refractivity contribution in [3.8, 4) is 0 Å². The van der Waals surface area contributed by atoms with Crippen LogP contribution in [0.3, 0.4) is 0 Å². The second-order valence-electron chi connectivity index (χ2n) is 7.70. The maximum absolute atomic E-state index is 12.5. The van der Waals surface area contributed by atoms with Gasteiger partial charge in [0, 0.05) is 12.0 Å². The summed E-state index contributed by atoms with van der Waals surface area (Å²) in [6.45, 7) is -0.121. The van der Waals surface area contributed by atoms with Gasteiger partial charge >= 0.3 is 0 Å². The molecule has 9 atom stereocenters. The van der Waals surface area contributed by atoms with Crippen molar-refractivity contribution in [3.05, 3.63) is 10.1 Å². The molecule has 0 amide bonds. The van der Waals surface area contributed by atoms with Crippen LogP contribution in [-0.4, -0.2) is 98.8 Å². The Morgan fingerprint density at radius 3 is 2.39 bits per heavy atom. The van der Waals surface area contributed by atoms with E-state index in [1.807, 2.05) is 0 Å². The van der Waals surface area contributed by atoms with Crippen molar-refractivity contribution in [2.75, 3.05) is 26.4 Å². The predicted octanol–water partition coefficient (Wildman–Crippen LogP) is -1.18. The molecule has 2 aliphatic heterocycles. The third-order valence-electron chi connectivity index (χ3n) is 6.16. The third kappa shape index (κ3) is 4.94. The maximum atomic E-state index is 12.5. The van der Waals surface area contributed by atoms with Crippen molar-refractivity contribution < 1.29 is 52.2 Å². The predicted molar refractivity (Wildman–Crippen MR) is 106 cm³/mol. The number of rotatable bonds is 13. The van der Waals surface area contributed by atoms with E-state index in [4.69, 9.17) is 9.47 Å². The SMILES string of the molecule is CCCC(C(CCO)S(=O)O)(C(CCO[N+](=O)[O-])S(=O)O)[C@]1(O)CO[C@@H]2[C@@H](O)CO[C@@H]21. The van der Waals surface area contributed by atoms with E-state index in [0.29, 0.717) is 0 Å². The fourth-order valence-corrected chi connectivity index (χ4v) is 7.43. The molecule has 2 saturated heterocycles. The minimum absolute atomic E-state index is 0.0675. The first-order valence-electron chi connectivity index (χ1n) is 9.77. The summed E-state index contributed by atoms with van der Waals surface area (Å²) in [5.74, 6) is 0. The number of ether oxygens (including phenoxy) is 2. The van der Waals surface area contributed by atoms with Crippen molar-refractivity contribution in [3.63, 3.8) is 0 Å². The third-order valence-corrected chi connectivity index (χ3v) is 8.45. The Labute approximate surface area is 183 Å². The molecule has 0 aromatic heterocycles. The van der Waals surface area contributed by atoms with E-state index in [0.717, 1.165) is 0 Å². The zero-order chi connectivity index (χ0) is 23.4. The average molecular weight is 492 g/mol. The summed E-state index contributed by atoms with van der Waals surface area (Å²) in [6.07, 6.45) is -3.73. The van der Waals surface area contributed by atoms with Gasteiger partial charge in [-0.2, -0.15) is 0 Å². The standard InChI is InChI=1S/C16H29NO12S2/c1-2-5-15(11(3-6-18)30(23)24,12(31(25)26)4-7-29-17(21)22)16(20)9-28-13-10(19)8-27-14(13)16/h10-14,18-20H,2-9H2,1H3,(H,23,24)(H,25,26)/t10-,11?,12?,13+,14-,15?,16-/m0/s1. The fourth-order valence-electron chi connectivity index (χ4n) is 5.05. The van der Waals surface area contributed by atoms with Crippen molar-refractivity contribution in [1.29, 1.82) is 0 Å². The number of fused-ring (bicyclic) bond motifs is 1. The molecule has 2 fully saturated rings. The van der Waals surface area contributed by atoms with E-state index in [9.17, 15) is 43.0 Å². The quantitative estimate of drug-likeness (QED) is 0.117. The first kappa shape index (κ1) is 26.5. The van der Waals surface area contributed by atoms with Gasteiger partial charge < -0.3 is 38.7 Å². The molecule has 0 aliphatic carbocycles. The maximum Gasteiger partial charge on any atom is 0.294 e. The first-order valence-corrected chi connectivity index (χ1v) is 12.1. The molecule has 2 aliphatic rings. The average Bonchev–Trinajstić information content (AvgIpc) is 3.23. The van der Waals surface area contributed by atoms with Crippen LogP contribution in [0.5, 0.6) is 0 Å². The molecule has 31 heavy (non-hydrogen) atoms. The number of aliphatic hydroxyl groups is 3. The second-order valence-corrected chi connectivity index (χ2v) is 9.94. The normalized spacial score (nSPS) is 33.8. The highest BCUT2D eigenvalue weighted by Gasteiger charge is 2.70. The summed E-state index contributed by atoms with van der Waals surface area (Å²) in [6, 6.07) is 0. The highest BCUT2D eigenvalue weighted by molar-refractivity contribution is 7.81. The van der Waals surface area contributed by atoms with Gasteiger partial charge in [-0.15, -0.1) is 10.1 Å². The summed E-state index contributed by atoms with van der Waals surface area (Å²) >= 11 is -5.41. The zero-order valence-corrected chi connectivity index (χ0v) is 18.5. The fraction of sp³-hybridized carbons (Fsp3) is 1.00. The minimum atomic E-state index is -2.73. The van der Waals surface area contributed by atoms with Gasteiger partial charge in [-0.1, -0.05) is 13.3 Å². The van der Waals surface area contributed by atoms with Crippen LogP contribution in [0.4, 0.5) is 0 Å². The van der Waals surface area contributed by atoms with E-state index in [-0.39, 0.29) is 25.9 Å². The van der Waals surface area contributed by atoms with E-state index < -0.39 is 93.3 Å². The van der Waals surface area contributed by atoms with Crippen LogP contribution in [0, 0.1) is 15.5 Å². The van der Waals surface area contributed by atoms with Crippen molar-refractivity contribution in [2.24, 2.45) is 5.41 Å². The van der Waals surface area contributed by atoms with Gasteiger partial charge in [0.15, 0.2) is 22.2 Å². The molecular formula is C16H29NO12S2. The van der Waals surface area contributed by atoms with Gasteiger partial charge in [0.25, 0.3) is 5.09 Å². The highest BCUT2D eigenvalue weighted by Crippen LogP contribution is 2.55. The first-order chi connectivity index (χ1) is 14.6. The van der Waals surface area contributed by atoms with Gasteiger partial charge in [0.05, 0.1) is 30.3 Å². The van der Waals surface area contributed by atoms with E-state index >= 15 is 0 Å². The smallest absolute Gasteiger partial charge is 0.294 e. The van der Waals surface area contributed by atoms with Crippen molar-refractivity contribution in [1.82, 2.24) is 0 Å². The summed E-state index contributed by atoms with van der Waals surface area (Å²) in [5, 5.41) is 38.2. The summed E-state index contributed by atoms with van der Waals surface area (Å²) < 4.78 is 56.3. The Morgan fingerprint density at radius 1 is 1.26 bits per heavy atom. The van der Waals surface area contributed by atoms with E-state index in [1.54, 1.807) is 6.92 Å². The molecule has 0 aromatic rings. The molecule has 5 N–H and O–H groups in total. The largest absolute Gasteiger partial charge is 0.396 e. The minimum Gasteiger partial charge on any atom is -0.396 e.